The van der Waals surface area contributed by atoms with Gasteiger partial charge in [0, 0.05) is 0 Å². The fourth-order valence-corrected chi connectivity index (χ4v) is 0.123. The van der Waals surface area contributed by atoms with Crippen molar-refractivity contribution in [2.24, 2.45) is 0 Å². The summed E-state index contributed by atoms with van der Waals surface area (Å²) in [7, 11) is 0. The number of hydrogen-bond acceptors (Lipinski definition) is 6. The maximum atomic E-state index is 7.78. The van der Waals surface area contributed by atoms with Crippen LogP contribution < -0.4 is 0 Å². The second-order valence-corrected chi connectivity index (χ2v) is 1.09. The normalized spacial score (nSPS) is 7.80. The lowest BCUT2D eigenvalue weighted by Gasteiger charge is -2.02. The molecule has 0 saturated carbocycles. The van der Waals surface area contributed by atoms with Gasteiger partial charge in [0.15, 0.2) is 0 Å². The standard InChI is InChI=1S/C4H6O6/c1-3(7-5)9-10-4(2)8-6/h5-6H,1-2H2. The van der Waals surface area contributed by atoms with Crippen molar-refractivity contribution in [1.82, 2.24) is 0 Å². The molecule has 0 bridgehead atoms. The molecule has 0 aliphatic carbocycles. The van der Waals surface area contributed by atoms with Crippen LogP contribution in [0, 0.1) is 0 Å². The highest BCUT2D eigenvalue weighted by molar-refractivity contribution is 4.65. The van der Waals surface area contributed by atoms with E-state index in [1.807, 2.05) is 0 Å². The summed E-state index contributed by atoms with van der Waals surface area (Å²) in [6.45, 7) is 5.96. The third-order valence-corrected chi connectivity index (χ3v) is 0.431. The van der Waals surface area contributed by atoms with E-state index < -0.39 is 11.9 Å². The van der Waals surface area contributed by atoms with Crippen molar-refractivity contribution in [2.45, 2.75) is 0 Å². The van der Waals surface area contributed by atoms with E-state index >= 15 is 0 Å². The van der Waals surface area contributed by atoms with E-state index in [0.717, 1.165) is 0 Å². The molecular weight excluding hydrogens is 144 g/mol. The van der Waals surface area contributed by atoms with Crippen LogP contribution in [0.1, 0.15) is 0 Å². The van der Waals surface area contributed by atoms with Crippen molar-refractivity contribution in [2.75, 3.05) is 0 Å². The topological polar surface area (TPSA) is 77.4 Å². The Morgan fingerprint density at radius 2 is 1.20 bits per heavy atom. The maximum absolute atomic E-state index is 7.78. The molecule has 10 heavy (non-hydrogen) atoms. The molecule has 0 unspecified atom stereocenters. The highest BCUT2D eigenvalue weighted by Gasteiger charge is 1.98. The highest BCUT2D eigenvalue weighted by Crippen LogP contribution is 2.00. The quantitative estimate of drug-likeness (QED) is 0.343. The Hall–Kier alpha value is -1.40. The van der Waals surface area contributed by atoms with Gasteiger partial charge in [0.2, 0.25) is 0 Å². The molecule has 6 nitrogen and oxygen atoms in total. The van der Waals surface area contributed by atoms with Gasteiger partial charge in [0.1, 0.15) is 0 Å². The summed E-state index contributed by atoms with van der Waals surface area (Å²) in [4.78, 5) is 14.8. The van der Waals surface area contributed by atoms with Gasteiger partial charge in [-0.15, -0.1) is 0 Å². The molecular formula is C4H6O6. The van der Waals surface area contributed by atoms with Gasteiger partial charge in [-0.05, 0) is 13.2 Å². The van der Waals surface area contributed by atoms with Gasteiger partial charge < -0.3 is 0 Å². The summed E-state index contributed by atoms with van der Waals surface area (Å²) in [5.74, 6) is -1.03. The van der Waals surface area contributed by atoms with Crippen LogP contribution in [0.2, 0.25) is 0 Å². The van der Waals surface area contributed by atoms with Crippen molar-refractivity contribution < 1.29 is 30.1 Å². The third kappa shape index (κ3) is 3.58. The Balaban J connectivity index is 3.35. The lowest BCUT2D eigenvalue weighted by molar-refractivity contribution is -0.376. The van der Waals surface area contributed by atoms with Crippen molar-refractivity contribution in [1.29, 1.82) is 0 Å². The van der Waals surface area contributed by atoms with Gasteiger partial charge in [-0.25, -0.2) is 9.78 Å². The summed E-state index contributed by atoms with van der Waals surface area (Å²) in [6, 6.07) is 0. The van der Waals surface area contributed by atoms with Crippen molar-refractivity contribution in [3.8, 4) is 0 Å². The van der Waals surface area contributed by atoms with E-state index in [-0.39, 0.29) is 0 Å². The summed E-state index contributed by atoms with van der Waals surface area (Å²) < 4.78 is 0. The molecule has 0 amide bonds. The molecule has 0 saturated heterocycles. The fraction of sp³-hybridized carbons (Fsp3) is 0. The van der Waals surface area contributed by atoms with Crippen LogP contribution in [0.25, 0.3) is 0 Å². The molecule has 0 aliphatic heterocycles. The predicted octanol–water partition coefficient (Wildman–Crippen LogP) is 0.856. The molecule has 0 radical (unpaired) electrons. The molecule has 0 aliphatic rings. The minimum Gasteiger partial charge on any atom is -0.297 e. The Morgan fingerprint density at radius 1 is 0.900 bits per heavy atom. The van der Waals surface area contributed by atoms with Gasteiger partial charge in [0.25, 0.3) is 0 Å². The zero-order valence-electron chi connectivity index (χ0n) is 4.94. The predicted molar refractivity (Wildman–Crippen MR) is 27.9 cm³/mol. The fourth-order valence-electron chi connectivity index (χ4n) is 0.123. The zero-order valence-corrected chi connectivity index (χ0v) is 4.94. The monoisotopic (exact) mass is 150 g/mol. The summed E-state index contributed by atoms with van der Waals surface area (Å²) in [5.41, 5.74) is 0. The molecule has 6 heteroatoms. The van der Waals surface area contributed by atoms with Crippen LogP contribution in [0.4, 0.5) is 0 Å². The van der Waals surface area contributed by atoms with E-state index in [1.165, 1.54) is 0 Å². The average Bonchev–Trinajstić information content (AvgIpc) is 1.99. The van der Waals surface area contributed by atoms with E-state index in [4.69, 9.17) is 10.5 Å². The van der Waals surface area contributed by atoms with Crippen LogP contribution in [0.5, 0.6) is 0 Å². The van der Waals surface area contributed by atoms with E-state index in [2.05, 4.69) is 32.7 Å². The van der Waals surface area contributed by atoms with Gasteiger partial charge >= 0.3 is 11.9 Å². The van der Waals surface area contributed by atoms with Crippen LogP contribution in [0.15, 0.2) is 25.0 Å². The Morgan fingerprint density at radius 3 is 1.40 bits per heavy atom. The van der Waals surface area contributed by atoms with Gasteiger partial charge in [-0.2, -0.15) is 10.5 Å². The van der Waals surface area contributed by atoms with E-state index in [9.17, 15) is 0 Å². The van der Waals surface area contributed by atoms with Crippen molar-refractivity contribution in [3.63, 3.8) is 0 Å². The van der Waals surface area contributed by atoms with E-state index in [1.54, 1.807) is 0 Å². The lowest BCUT2D eigenvalue weighted by Crippen LogP contribution is -1.96. The molecule has 0 heterocycles. The van der Waals surface area contributed by atoms with Crippen LogP contribution in [-0.2, 0) is 19.6 Å². The second kappa shape index (κ2) is 4.48. The molecule has 0 spiro atoms. The first-order chi connectivity index (χ1) is 4.70. The molecule has 0 rings (SSSR count). The molecule has 0 aromatic carbocycles. The largest absolute Gasteiger partial charge is 0.358 e. The van der Waals surface area contributed by atoms with Crippen molar-refractivity contribution >= 4 is 0 Å². The first kappa shape index (κ1) is 8.60. The Kier molecular flexibility index (Phi) is 3.85. The number of hydrogen-bond donors (Lipinski definition) is 2. The summed E-state index contributed by atoms with van der Waals surface area (Å²) in [5, 5.41) is 15.6. The summed E-state index contributed by atoms with van der Waals surface area (Å²) >= 11 is 0. The zero-order chi connectivity index (χ0) is 7.98. The maximum Gasteiger partial charge on any atom is 0.358 e. The third-order valence-electron chi connectivity index (χ3n) is 0.431. The molecule has 58 valence electrons. The lowest BCUT2D eigenvalue weighted by atomic mass is 11.0. The highest BCUT2D eigenvalue weighted by atomic mass is 17.3. The second-order valence-electron chi connectivity index (χ2n) is 1.09. The van der Waals surface area contributed by atoms with Gasteiger partial charge in [0.05, 0.1) is 0 Å². The van der Waals surface area contributed by atoms with Crippen LogP contribution in [-0.4, -0.2) is 10.5 Å². The Labute approximate surface area is 56.3 Å². The smallest absolute Gasteiger partial charge is 0.297 e. The number of rotatable bonds is 5. The molecule has 0 aromatic heterocycles. The van der Waals surface area contributed by atoms with Crippen molar-refractivity contribution in [3.05, 3.63) is 25.0 Å². The molecule has 0 fully saturated rings. The first-order valence-corrected chi connectivity index (χ1v) is 2.06. The molecule has 2 N–H and O–H groups in total. The SMILES string of the molecule is C=C(OO)OOC(=C)OO. The van der Waals surface area contributed by atoms with Gasteiger partial charge in [-0.3, -0.25) is 9.78 Å². The minimum atomic E-state index is -0.516. The van der Waals surface area contributed by atoms with E-state index in [0.29, 0.717) is 0 Å². The first-order valence-electron chi connectivity index (χ1n) is 2.06. The molecule has 0 aromatic rings. The molecule has 0 atom stereocenters. The average molecular weight is 150 g/mol. The van der Waals surface area contributed by atoms with Gasteiger partial charge in [-0.1, -0.05) is 0 Å². The van der Waals surface area contributed by atoms with Crippen LogP contribution in [0.3, 0.4) is 0 Å². The Bertz CT molecular complexity index is 114. The minimum absolute atomic E-state index is 0.516. The summed E-state index contributed by atoms with van der Waals surface area (Å²) in [6.07, 6.45) is 0. The van der Waals surface area contributed by atoms with Crippen LogP contribution >= 0.6 is 0 Å².